The zero-order chi connectivity index (χ0) is 29.0. The summed E-state index contributed by atoms with van der Waals surface area (Å²) in [5, 5.41) is 5.49. The maximum Gasteiger partial charge on any atom is 0.408 e. The summed E-state index contributed by atoms with van der Waals surface area (Å²) in [5.74, 6) is -1.23. The van der Waals surface area contributed by atoms with Crippen LogP contribution in [-0.4, -0.2) is 60.1 Å². The van der Waals surface area contributed by atoms with Crippen molar-refractivity contribution >= 4 is 23.9 Å². The van der Waals surface area contributed by atoms with Crippen LogP contribution in [0.25, 0.3) is 0 Å². The molecule has 0 aliphatic carbocycles. The highest BCUT2D eigenvalue weighted by atomic mass is 16.6. The van der Waals surface area contributed by atoms with Crippen molar-refractivity contribution in [1.82, 2.24) is 15.5 Å². The molecule has 1 aromatic carbocycles. The van der Waals surface area contributed by atoms with Crippen molar-refractivity contribution in [3.05, 3.63) is 47.5 Å². The van der Waals surface area contributed by atoms with Crippen LogP contribution in [-0.2, 0) is 23.9 Å². The van der Waals surface area contributed by atoms with Gasteiger partial charge in [0.25, 0.3) is 0 Å². The molecule has 0 spiro atoms. The van der Waals surface area contributed by atoms with Gasteiger partial charge in [-0.05, 0) is 65.0 Å². The van der Waals surface area contributed by atoms with Crippen molar-refractivity contribution in [1.29, 1.82) is 0 Å². The third-order valence-electron chi connectivity index (χ3n) is 5.53. The number of alkyl carbamates (subject to hydrolysis) is 1. The maximum atomic E-state index is 14.0. The third kappa shape index (κ3) is 10.9. The van der Waals surface area contributed by atoms with Gasteiger partial charge in [0.1, 0.15) is 17.7 Å². The van der Waals surface area contributed by atoms with E-state index in [-0.39, 0.29) is 32.0 Å². The first-order valence-electron chi connectivity index (χ1n) is 13.1. The van der Waals surface area contributed by atoms with Crippen molar-refractivity contribution in [2.75, 3.05) is 19.7 Å². The Morgan fingerprint density at radius 2 is 1.79 bits per heavy atom. The first kappa shape index (κ1) is 32.7. The molecule has 2 atom stereocenters. The van der Waals surface area contributed by atoms with Crippen LogP contribution in [0.2, 0.25) is 0 Å². The Morgan fingerprint density at radius 1 is 1.13 bits per heavy atom. The first-order valence-corrected chi connectivity index (χ1v) is 13.1. The lowest BCUT2D eigenvalue weighted by atomic mass is 9.95. The Kier molecular flexibility index (Phi) is 13.0. The van der Waals surface area contributed by atoms with E-state index in [1.807, 2.05) is 45.9 Å². The molecule has 0 aromatic heterocycles. The van der Waals surface area contributed by atoms with Gasteiger partial charge in [-0.25, -0.2) is 4.79 Å². The Hall–Kier alpha value is -3.36. The Bertz CT molecular complexity index is 983. The second-order valence-electron chi connectivity index (χ2n) is 10.7. The van der Waals surface area contributed by atoms with E-state index in [2.05, 4.69) is 17.2 Å². The number of hydrogen-bond donors (Lipinski definition) is 2. The van der Waals surface area contributed by atoms with Crippen LogP contribution < -0.4 is 10.6 Å². The highest BCUT2D eigenvalue weighted by Gasteiger charge is 2.36. The molecule has 2 N–H and O–H groups in total. The molecule has 2 unspecified atom stereocenters. The molecule has 0 aliphatic rings. The van der Waals surface area contributed by atoms with Crippen molar-refractivity contribution in [2.45, 2.75) is 85.9 Å². The number of ether oxygens (including phenoxy) is 2. The van der Waals surface area contributed by atoms with E-state index in [1.54, 1.807) is 33.8 Å². The third-order valence-corrected chi connectivity index (χ3v) is 5.53. The van der Waals surface area contributed by atoms with Gasteiger partial charge in [-0.1, -0.05) is 43.7 Å². The van der Waals surface area contributed by atoms with Crippen LogP contribution in [0.3, 0.4) is 0 Å². The molecule has 1 aromatic rings. The zero-order valence-corrected chi connectivity index (χ0v) is 24.2. The summed E-state index contributed by atoms with van der Waals surface area (Å²) >= 11 is 0. The normalized spacial score (nSPS) is 12.8. The fraction of sp³-hybridized carbons (Fsp3) is 0.586. The lowest BCUT2D eigenvalue weighted by Gasteiger charge is -2.35. The largest absolute Gasteiger partial charge is 0.466 e. The molecule has 1 rings (SSSR count). The van der Waals surface area contributed by atoms with Gasteiger partial charge < -0.3 is 25.0 Å². The van der Waals surface area contributed by atoms with Crippen LogP contribution in [0, 0.1) is 19.8 Å². The number of amides is 3. The average molecular weight is 532 g/mol. The summed E-state index contributed by atoms with van der Waals surface area (Å²) in [6.07, 6.45) is 1.18. The maximum absolute atomic E-state index is 14.0. The predicted molar refractivity (Wildman–Crippen MR) is 147 cm³/mol. The first-order chi connectivity index (χ1) is 17.7. The van der Waals surface area contributed by atoms with Gasteiger partial charge in [-0.3, -0.25) is 14.4 Å². The minimum Gasteiger partial charge on any atom is -0.466 e. The van der Waals surface area contributed by atoms with Crippen LogP contribution in [0.1, 0.15) is 77.1 Å². The van der Waals surface area contributed by atoms with E-state index in [0.29, 0.717) is 12.0 Å². The Morgan fingerprint density at radius 3 is 2.34 bits per heavy atom. The van der Waals surface area contributed by atoms with E-state index in [9.17, 15) is 19.2 Å². The molecule has 0 saturated heterocycles. The summed E-state index contributed by atoms with van der Waals surface area (Å²) < 4.78 is 10.3. The highest BCUT2D eigenvalue weighted by molar-refractivity contribution is 5.92. The van der Waals surface area contributed by atoms with Gasteiger partial charge in [0.2, 0.25) is 11.8 Å². The summed E-state index contributed by atoms with van der Waals surface area (Å²) in [7, 11) is 0. The van der Waals surface area contributed by atoms with Crippen LogP contribution >= 0.6 is 0 Å². The Balaban J connectivity index is 3.44. The van der Waals surface area contributed by atoms with Gasteiger partial charge >= 0.3 is 12.1 Å². The number of benzene rings is 1. The second-order valence-corrected chi connectivity index (χ2v) is 10.7. The lowest BCUT2D eigenvalue weighted by molar-refractivity contribution is -0.144. The summed E-state index contributed by atoms with van der Waals surface area (Å²) in [4.78, 5) is 53.5. The number of hydrogen-bond acceptors (Lipinski definition) is 6. The Labute approximate surface area is 227 Å². The van der Waals surface area contributed by atoms with Gasteiger partial charge in [-0.2, -0.15) is 0 Å². The molecule has 0 radical (unpaired) electrons. The number of carbonyl (C=O) groups is 4. The summed E-state index contributed by atoms with van der Waals surface area (Å²) in [5.41, 5.74) is 1.65. The smallest absolute Gasteiger partial charge is 0.408 e. The van der Waals surface area contributed by atoms with Crippen LogP contribution in [0.5, 0.6) is 0 Å². The van der Waals surface area contributed by atoms with E-state index in [1.165, 1.54) is 4.90 Å². The van der Waals surface area contributed by atoms with Crippen molar-refractivity contribution < 1.29 is 28.7 Å². The minimum atomic E-state index is -1.02. The monoisotopic (exact) mass is 531 g/mol. The quantitative estimate of drug-likeness (QED) is 0.289. The summed E-state index contributed by atoms with van der Waals surface area (Å²) in [6, 6.07) is 3.75. The molecule has 9 nitrogen and oxygen atoms in total. The number of esters is 1. The lowest BCUT2D eigenvalue weighted by Crippen LogP contribution is -2.53. The predicted octanol–water partition coefficient (Wildman–Crippen LogP) is 4.37. The molecule has 0 bridgehead atoms. The molecule has 0 aliphatic heterocycles. The second kappa shape index (κ2) is 15.1. The van der Waals surface area contributed by atoms with E-state index in [4.69, 9.17) is 9.47 Å². The topological polar surface area (TPSA) is 114 Å². The van der Waals surface area contributed by atoms with Crippen LogP contribution in [0.4, 0.5) is 4.79 Å². The number of carbonyl (C=O) groups excluding carboxylic acids is 4. The van der Waals surface area contributed by atoms with Crippen molar-refractivity contribution in [2.24, 2.45) is 5.92 Å². The van der Waals surface area contributed by atoms with Gasteiger partial charge in [0.15, 0.2) is 0 Å². The molecule has 9 heteroatoms. The molecule has 0 heterocycles. The molecule has 0 fully saturated rings. The number of nitrogens with zero attached hydrogens (tertiary/aromatic N) is 1. The van der Waals surface area contributed by atoms with E-state index < -0.39 is 41.6 Å². The minimum absolute atomic E-state index is 0.00464. The van der Waals surface area contributed by atoms with Crippen molar-refractivity contribution in [3.8, 4) is 0 Å². The summed E-state index contributed by atoms with van der Waals surface area (Å²) in [6.45, 7) is 18.8. The van der Waals surface area contributed by atoms with Crippen LogP contribution in [0.15, 0.2) is 30.9 Å². The van der Waals surface area contributed by atoms with E-state index >= 15 is 0 Å². The molecular weight excluding hydrogens is 486 g/mol. The molecule has 38 heavy (non-hydrogen) atoms. The fourth-order valence-corrected chi connectivity index (χ4v) is 3.93. The molecule has 3 amide bonds. The van der Waals surface area contributed by atoms with Gasteiger partial charge in [0, 0.05) is 13.1 Å². The standard InChI is InChI=1S/C29H45N3O6/c1-10-16-32(27(35)23(17-19(3)4)31-28(36)38-29(7,8)9)25(22-18-20(5)12-13-21(22)6)26(34)30-15-14-24(33)37-11-2/h10,12-13,18-19,23,25H,1,11,14-17H2,2-9H3,(H,30,34)(H,31,36). The molecule has 212 valence electrons. The number of aryl methyl sites for hydroxylation is 2. The SMILES string of the molecule is C=CCN(C(=O)C(CC(C)C)NC(=O)OC(C)(C)C)C(C(=O)NCCC(=O)OCC)c1cc(C)ccc1C. The highest BCUT2D eigenvalue weighted by Crippen LogP contribution is 2.27. The fourth-order valence-electron chi connectivity index (χ4n) is 3.93. The number of rotatable bonds is 13. The van der Waals surface area contributed by atoms with E-state index in [0.717, 1.165) is 11.1 Å². The van der Waals surface area contributed by atoms with Crippen molar-refractivity contribution in [3.63, 3.8) is 0 Å². The molecular formula is C29H45N3O6. The average Bonchev–Trinajstić information content (AvgIpc) is 2.78. The zero-order valence-electron chi connectivity index (χ0n) is 24.2. The molecule has 0 saturated carbocycles. The van der Waals surface area contributed by atoms with Gasteiger partial charge in [-0.15, -0.1) is 6.58 Å². The number of nitrogens with one attached hydrogen (secondary N) is 2. The van der Waals surface area contributed by atoms with Gasteiger partial charge in [0.05, 0.1) is 13.0 Å².